The first-order valence-electron chi connectivity index (χ1n) is 4.01. The number of anilines is 2. The predicted octanol–water partition coefficient (Wildman–Crippen LogP) is -0.211. The molecule has 0 spiro atoms. The number of aromatic amines is 1. The lowest BCUT2D eigenvalue weighted by Crippen LogP contribution is -2.04. The highest BCUT2D eigenvalue weighted by Crippen LogP contribution is 2.03. The van der Waals surface area contributed by atoms with Crippen molar-refractivity contribution in [2.75, 3.05) is 11.1 Å². The summed E-state index contributed by atoms with van der Waals surface area (Å²) in [7, 11) is 0. The minimum absolute atomic E-state index is 0.243. The van der Waals surface area contributed by atoms with E-state index in [0.717, 1.165) is 5.82 Å². The molecule has 14 heavy (non-hydrogen) atoms. The maximum absolute atomic E-state index is 5.41. The summed E-state index contributed by atoms with van der Waals surface area (Å²) in [5, 5.41) is 9.47. The van der Waals surface area contributed by atoms with E-state index in [-0.39, 0.29) is 5.95 Å². The van der Waals surface area contributed by atoms with Crippen molar-refractivity contribution < 1.29 is 0 Å². The molecule has 7 heteroatoms. The fourth-order valence-electron chi connectivity index (χ4n) is 0.962. The van der Waals surface area contributed by atoms with Crippen molar-refractivity contribution in [3.63, 3.8) is 0 Å². The average Bonchev–Trinajstić information content (AvgIpc) is 2.67. The van der Waals surface area contributed by atoms with E-state index in [9.17, 15) is 0 Å². The Morgan fingerprint density at radius 2 is 2.36 bits per heavy atom. The number of nitrogens with two attached hydrogens (primary N) is 1. The van der Waals surface area contributed by atoms with Crippen LogP contribution in [0.15, 0.2) is 18.6 Å². The highest BCUT2D eigenvalue weighted by Gasteiger charge is 1.97. The minimum Gasteiger partial charge on any atom is -0.368 e. The van der Waals surface area contributed by atoms with Crippen LogP contribution in [0.2, 0.25) is 0 Å². The average molecular weight is 191 g/mol. The second-order valence-corrected chi connectivity index (χ2v) is 2.59. The van der Waals surface area contributed by atoms with Gasteiger partial charge in [0.15, 0.2) is 0 Å². The van der Waals surface area contributed by atoms with E-state index in [1.54, 1.807) is 12.3 Å². The number of rotatable bonds is 3. The Balaban J connectivity index is 1.98. The molecule has 0 saturated carbocycles. The maximum atomic E-state index is 5.41. The van der Waals surface area contributed by atoms with Gasteiger partial charge in [-0.25, -0.2) is 9.97 Å². The van der Waals surface area contributed by atoms with Crippen molar-refractivity contribution in [2.24, 2.45) is 0 Å². The van der Waals surface area contributed by atoms with Gasteiger partial charge in [-0.2, -0.15) is 10.1 Å². The Morgan fingerprint density at radius 1 is 1.43 bits per heavy atom. The monoisotopic (exact) mass is 191 g/mol. The summed E-state index contributed by atoms with van der Waals surface area (Å²) >= 11 is 0. The zero-order valence-electron chi connectivity index (χ0n) is 7.31. The molecule has 0 bridgehead atoms. The third-order valence-electron chi connectivity index (χ3n) is 1.58. The van der Waals surface area contributed by atoms with E-state index in [1.807, 2.05) is 0 Å². The smallest absolute Gasteiger partial charge is 0.221 e. The number of nitrogens with zero attached hydrogens (tertiary/aromatic N) is 4. The molecular formula is C7H9N7. The molecule has 0 amide bonds. The van der Waals surface area contributed by atoms with Gasteiger partial charge in [-0.3, -0.25) is 5.10 Å². The van der Waals surface area contributed by atoms with Gasteiger partial charge in [0.1, 0.15) is 18.0 Å². The number of hydrogen-bond donors (Lipinski definition) is 3. The Kier molecular flexibility index (Phi) is 2.22. The molecular weight excluding hydrogens is 182 g/mol. The SMILES string of the molecule is Nc1nccc(NCc2ncn[nH]2)n1. The molecule has 2 aromatic heterocycles. The fraction of sp³-hybridized carbons (Fsp3) is 0.143. The third-order valence-corrected chi connectivity index (χ3v) is 1.58. The summed E-state index contributed by atoms with van der Waals surface area (Å²) in [6.07, 6.45) is 3.04. The van der Waals surface area contributed by atoms with Gasteiger partial charge in [0.05, 0.1) is 6.54 Å². The van der Waals surface area contributed by atoms with E-state index in [0.29, 0.717) is 12.4 Å². The van der Waals surface area contributed by atoms with Crippen LogP contribution < -0.4 is 11.1 Å². The Hall–Kier alpha value is -2.18. The lowest BCUT2D eigenvalue weighted by atomic mass is 10.5. The molecule has 0 fully saturated rings. The second kappa shape index (κ2) is 3.69. The first-order chi connectivity index (χ1) is 6.84. The van der Waals surface area contributed by atoms with Gasteiger partial charge in [0, 0.05) is 6.20 Å². The highest BCUT2D eigenvalue weighted by molar-refractivity contribution is 5.37. The minimum atomic E-state index is 0.243. The van der Waals surface area contributed by atoms with Gasteiger partial charge in [-0.05, 0) is 6.07 Å². The summed E-state index contributed by atoms with van der Waals surface area (Å²) in [5.74, 6) is 1.64. The number of nitrogen functional groups attached to an aromatic ring is 1. The zero-order valence-corrected chi connectivity index (χ0v) is 7.31. The van der Waals surface area contributed by atoms with Gasteiger partial charge in [-0.15, -0.1) is 0 Å². The molecule has 0 saturated heterocycles. The molecule has 0 aliphatic rings. The van der Waals surface area contributed by atoms with Crippen LogP contribution in [0, 0.1) is 0 Å². The summed E-state index contributed by atoms with van der Waals surface area (Å²) in [5.41, 5.74) is 5.41. The van der Waals surface area contributed by atoms with Gasteiger partial charge < -0.3 is 11.1 Å². The molecule has 0 atom stereocenters. The van der Waals surface area contributed by atoms with Crippen molar-refractivity contribution in [3.8, 4) is 0 Å². The van der Waals surface area contributed by atoms with Crippen LogP contribution in [0.25, 0.3) is 0 Å². The van der Waals surface area contributed by atoms with E-state index in [4.69, 9.17) is 5.73 Å². The molecule has 0 unspecified atom stereocenters. The van der Waals surface area contributed by atoms with E-state index >= 15 is 0 Å². The molecule has 0 radical (unpaired) electrons. The number of aromatic nitrogens is 5. The zero-order chi connectivity index (χ0) is 9.80. The number of hydrogen-bond acceptors (Lipinski definition) is 6. The third kappa shape index (κ3) is 1.94. The summed E-state index contributed by atoms with van der Waals surface area (Å²) in [6.45, 7) is 0.524. The summed E-state index contributed by atoms with van der Waals surface area (Å²) < 4.78 is 0. The van der Waals surface area contributed by atoms with Gasteiger partial charge in [0.2, 0.25) is 5.95 Å². The predicted molar refractivity (Wildman–Crippen MR) is 50.2 cm³/mol. The Labute approximate surface area is 79.8 Å². The van der Waals surface area contributed by atoms with Gasteiger partial charge >= 0.3 is 0 Å². The van der Waals surface area contributed by atoms with Crippen molar-refractivity contribution in [1.82, 2.24) is 25.1 Å². The molecule has 0 aromatic carbocycles. The fourth-order valence-corrected chi connectivity index (χ4v) is 0.962. The van der Waals surface area contributed by atoms with Crippen LogP contribution in [0.3, 0.4) is 0 Å². The molecule has 2 heterocycles. The standard InChI is InChI=1S/C7H9N7/c8-7-9-2-1-5(13-7)10-3-6-11-4-12-14-6/h1-2,4H,3H2,(H,11,12,14)(H3,8,9,10,13). The maximum Gasteiger partial charge on any atom is 0.221 e. The van der Waals surface area contributed by atoms with E-state index in [2.05, 4.69) is 30.5 Å². The summed E-state index contributed by atoms with van der Waals surface area (Å²) in [4.78, 5) is 11.7. The molecule has 2 aromatic rings. The van der Waals surface area contributed by atoms with E-state index in [1.165, 1.54) is 6.33 Å². The first-order valence-corrected chi connectivity index (χ1v) is 4.01. The van der Waals surface area contributed by atoms with Crippen molar-refractivity contribution >= 4 is 11.8 Å². The number of nitrogens with one attached hydrogen (secondary N) is 2. The molecule has 7 nitrogen and oxygen atoms in total. The lowest BCUT2D eigenvalue weighted by Gasteiger charge is -2.02. The van der Waals surface area contributed by atoms with Gasteiger partial charge in [-0.1, -0.05) is 0 Å². The quantitative estimate of drug-likeness (QED) is 0.619. The van der Waals surface area contributed by atoms with Crippen LogP contribution in [-0.2, 0) is 6.54 Å². The summed E-state index contributed by atoms with van der Waals surface area (Å²) in [6, 6.07) is 1.73. The Morgan fingerprint density at radius 3 is 3.07 bits per heavy atom. The van der Waals surface area contributed by atoms with Crippen LogP contribution in [-0.4, -0.2) is 25.1 Å². The van der Waals surface area contributed by atoms with Gasteiger partial charge in [0.25, 0.3) is 0 Å². The number of H-pyrrole nitrogens is 1. The first kappa shape index (κ1) is 8.42. The lowest BCUT2D eigenvalue weighted by molar-refractivity contribution is 0.946. The van der Waals surface area contributed by atoms with Crippen molar-refractivity contribution in [2.45, 2.75) is 6.54 Å². The Bertz CT molecular complexity index is 396. The molecule has 2 rings (SSSR count). The second-order valence-electron chi connectivity index (χ2n) is 2.59. The van der Waals surface area contributed by atoms with Crippen LogP contribution in [0.5, 0.6) is 0 Å². The molecule has 0 aliphatic carbocycles. The highest BCUT2D eigenvalue weighted by atomic mass is 15.2. The van der Waals surface area contributed by atoms with E-state index < -0.39 is 0 Å². The largest absolute Gasteiger partial charge is 0.368 e. The van der Waals surface area contributed by atoms with Crippen molar-refractivity contribution in [1.29, 1.82) is 0 Å². The van der Waals surface area contributed by atoms with Crippen molar-refractivity contribution in [3.05, 3.63) is 24.4 Å². The van der Waals surface area contributed by atoms with Crippen LogP contribution in [0.4, 0.5) is 11.8 Å². The molecule has 4 N–H and O–H groups in total. The molecule has 72 valence electrons. The topological polar surface area (TPSA) is 105 Å². The normalized spacial score (nSPS) is 10.0. The van der Waals surface area contributed by atoms with Crippen LogP contribution in [0.1, 0.15) is 5.82 Å². The van der Waals surface area contributed by atoms with Crippen LogP contribution >= 0.6 is 0 Å². The molecule has 0 aliphatic heterocycles.